The molecule has 0 bridgehead atoms. The predicted molar refractivity (Wildman–Crippen MR) is 41.6 cm³/mol. The lowest BCUT2D eigenvalue weighted by Crippen LogP contribution is -2.00. The van der Waals surface area contributed by atoms with Gasteiger partial charge in [0.25, 0.3) is 0 Å². The van der Waals surface area contributed by atoms with Gasteiger partial charge in [0.1, 0.15) is 0 Å². The number of rotatable bonds is 0. The Hall–Kier alpha value is -0.0300. The van der Waals surface area contributed by atoms with E-state index in [0.29, 0.717) is 11.3 Å². The fraction of sp³-hybridized carbons (Fsp3) is 0.714. The maximum atomic E-state index is 11.6. The van der Waals surface area contributed by atoms with Crippen LogP contribution in [-0.4, -0.2) is 18.0 Å². The molecule has 0 N–H and O–H groups in total. The van der Waals surface area contributed by atoms with Gasteiger partial charge in [-0.25, -0.2) is 0 Å². The average molecular weight is 144 g/mol. The van der Waals surface area contributed by atoms with Crippen LogP contribution in [0.4, 0.5) is 0 Å². The topological polar surface area (TPSA) is 17.1 Å². The van der Waals surface area contributed by atoms with Gasteiger partial charge in [0, 0.05) is 11.3 Å². The SMILES string of the molecule is C[C@@H]1C=C[C@H](C)P1(C)=O. The molecule has 1 rings (SSSR count). The van der Waals surface area contributed by atoms with Gasteiger partial charge >= 0.3 is 0 Å². The van der Waals surface area contributed by atoms with E-state index in [1.165, 1.54) is 0 Å². The molecule has 1 nitrogen and oxygen atoms in total. The first-order chi connectivity index (χ1) is 4.05. The Bertz CT molecular complexity index is 167. The Balaban J connectivity index is 2.89. The zero-order valence-electron chi connectivity index (χ0n) is 6.16. The molecule has 0 amide bonds. The van der Waals surface area contributed by atoms with Crippen molar-refractivity contribution in [1.29, 1.82) is 0 Å². The summed E-state index contributed by atoms with van der Waals surface area (Å²) in [5, 5.41) is 0. The third-order valence-corrected chi connectivity index (χ3v) is 5.86. The highest BCUT2D eigenvalue weighted by molar-refractivity contribution is 7.65. The highest BCUT2D eigenvalue weighted by atomic mass is 31.2. The molecule has 0 aromatic rings. The molecule has 0 aromatic heterocycles. The van der Waals surface area contributed by atoms with Crippen LogP contribution in [0.3, 0.4) is 0 Å². The summed E-state index contributed by atoms with van der Waals surface area (Å²) in [4.78, 5) is 0. The van der Waals surface area contributed by atoms with Crippen LogP contribution in [0.5, 0.6) is 0 Å². The van der Waals surface area contributed by atoms with Crippen LogP contribution in [0.2, 0.25) is 0 Å². The summed E-state index contributed by atoms with van der Waals surface area (Å²) in [6.45, 7) is 5.95. The standard InChI is InChI=1S/C7H13OP/c1-6-4-5-7(2)9(6,3)8/h4-7H,1-3H3/t6-,7+,9?. The van der Waals surface area contributed by atoms with Crippen molar-refractivity contribution in [2.75, 3.05) is 6.66 Å². The van der Waals surface area contributed by atoms with Gasteiger partial charge < -0.3 is 4.57 Å². The molecule has 3 atom stereocenters. The summed E-state index contributed by atoms with van der Waals surface area (Å²) in [5.41, 5.74) is 0.625. The Morgan fingerprint density at radius 3 is 1.67 bits per heavy atom. The summed E-state index contributed by atoms with van der Waals surface area (Å²) in [6, 6.07) is 0. The lowest BCUT2D eigenvalue weighted by atomic mass is 10.4. The Morgan fingerprint density at radius 2 is 1.56 bits per heavy atom. The lowest BCUT2D eigenvalue weighted by molar-refractivity contribution is 0.574. The molecule has 1 unspecified atom stereocenters. The second kappa shape index (κ2) is 1.98. The first-order valence-corrected chi connectivity index (χ1v) is 5.59. The van der Waals surface area contributed by atoms with Crippen LogP contribution in [-0.2, 0) is 4.57 Å². The number of hydrogen-bond donors (Lipinski definition) is 0. The first-order valence-electron chi connectivity index (χ1n) is 3.30. The molecule has 52 valence electrons. The largest absolute Gasteiger partial charge is 0.323 e. The highest BCUT2D eigenvalue weighted by Crippen LogP contribution is 2.56. The van der Waals surface area contributed by atoms with E-state index < -0.39 is 7.14 Å². The second-order valence-electron chi connectivity index (χ2n) is 2.92. The molecule has 0 fully saturated rings. The van der Waals surface area contributed by atoms with Gasteiger partial charge in [-0.2, -0.15) is 0 Å². The molecule has 1 aliphatic heterocycles. The quantitative estimate of drug-likeness (QED) is 0.376. The van der Waals surface area contributed by atoms with Crippen LogP contribution in [0, 0.1) is 0 Å². The third kappa shape index (κ3) is 0.986. The maximum Gasteiger partial charge on any atom is 0.0972 e. The van der Waals surface area contributed by atoms with E-state index in [2.05, 4.69) is 12.2 Å². The molecule has 1 heterocycles. The first kappa shape index (κ1) is 7.08. The zero-order valence-corrected chi connectivity index (χ0v) is 7.06. The lowest BCUT2D eigenvalue weighted by Gasteiger charge is -2.14. The van der Waals surface area contributed by atoms with Gasteiger partial charge in [-0.15, -0.1) is 0 Å². The minimum absolute atomic E-state index is 0.312. The fourth-order valence-corrected chi connectivity index (χ4v) is 2.66. The molecule has 0 aromatic carbocycles. The molecular formula is C7H13OP. The Kier molecular flexibility index (Phi) is 1.56. The van der Waals surface area contributed by atoms with Gasteiger partial charge in [0.2, 0.25) is 0 Å². The molecule has 9 heavy (non-hydrogen) atoms. The van der Waals surface area contributed by atoms with Crippen LogP contribution < -0.4 is 0 Å². The van der Waals surface area contributed by atoms with E-state index in [1.54, 1.807) is 0 Å². The second-order valence-corrected chi connectivity index (χ2v) is 6.67. The summed E-state index contributed by atoms with van der Waals surface area (Å²) in [7, 11) is -1.84. The molecule has 0 saturated heterocycles. The fourth-order valence-electron chi connectivity index (χ4n) is 1.03. The van der Waals surface area contributed by atoms with Crippen molar-refractivity contribution in [3.8, 4) is 0 Å². The van der Waals surface area contributed by atoms with Crippen LogP contribution in [0.15, 0.2) is 12.2 Å². The maximum absolute atomic E-state index is 11.6. The average Bonchev–Trinajstić information content (AvgIpc) is 1.96. The van der Waals surface area contributed by atoms with E-state index in [-0.39, 0.29) is 0 Å². The zero-order chi connectivity index (χ0) is 7.07. The molecule has 0 saturated carbocycles. The van der Waals surface area contributed by atoms with E-state index in [1.807, 2.05) is 20.5 Å². The smallest absolute Gasteiger partial charge is 0.0972 e. The van der Waals surface area contributed by atoms with Crippen molar-refractivity contribution in [1.82, 2.24) is 0 Å². The van der Waals surface area contributed by atoms with Crippen LogP contribution in [0.1, 0.15) is 13.8 Å². The van der Waals surface area contributed by atoms with Crippen LogP contribution in [0.25, 0.3) is 0 Å². The summed E-state index contributed by atoms with van der Waals surface area (Å²) >= 11 is 0. The van der Waals surface area contributed by atoms with E-state index in [4.69, 9.17) is 0 Å². The monoisotopic (exact) mass is 144 g/mol. The van der Waals surface area contributed by atoms with Gasteiger partial charge in [0.05, 0.1) is 7.14 Å². The summed E-state index contributed by atoms with van der Waals surface area (Å²) in [6.07, 6.45) is 4.12. The van der Waals surface area contributed by atoms with E-state index >= 15 is 0 Å². The Labute approximate surface area is 56.5 Å². The van der Waals surface area contributed by atoms with Crippen molar-refractivity contribution >= 4 is 7.14 Å². The molecule has 2 heteroatoms. The molecule has 1 aliphatic rings. The van der Waals surface area contributed by atoms with Gasteiger partial charge in [-0.3, -0.25) is 0 Å². The molecular weight excluding hydrogens is 131 g/mol. The van der Waals surface area contributed by atoms with Gasteiger partial charge in [-0.1, -0.05) is 26.0 Å². The third-order valence-electron chi connectivity index (χ3n) is 2.29. The predicted octanol–water partition coefficient (Wildman–Crippen LogP) is 2.33. The van der Waals surface area contributed by atoms with Crippen molar-refractivity contribution in [2.24, 2.45) is 0 Å². The molecule has 0 radical (unpaired) electrons. The number of allylic oxidation sites excluding steroid dienone is 2. The van der Waals surface area contributed by atoms with Crippen molar-refractivity contribution in [2.45, 2.75) is 25.2 Å². The summed E-state index contributed by atoms with van der Waals surface area (Å²) < 4.78 is 11.6. The Morgan fingerprint density at radius 1 is 1.22 bits per heavy atom. The number of hydrogen-bond acceptors (Lipinski definition) is 1. The van der Waals surface area contributed by atoms with Crippen molar-refractivity contribution in [3.63, 3.8) is 0 Å². The van der Waals surface area contributed by atoms with E-state index in [0.717, 1.165) is 0 Å². The molecule has 0 spiro atoms. The normalized spacial score (nSPS) is 50.1. The molecule has 0 aliphatic carbocycles. The van der Waals surface area contributed by atoms with E-state index in [9.17, 15) is 4.57 Å². The van der Waals surface area contributed by atoms with Gasteiger partial charge in [0.15, 0.2) is 0 Å². The minimum atomic E-state index is -1.84. The highest BCUT2D eigenvalue weighted by Gasteiger charge is 2.31. The minimum Gasteiger partial charge on any atom is -0.323 e. The van der Waals surface area contributed by atoms with Crippen molar-refractivity contribution in [3.05, 3.63) is 12.2 Å². The van der Waals surface area contributed by atoms with Crippen LogP contribution >= 0.6 is 7.14 Å². The summed E-state index contributed by atoms with van der Waals surface area (Å²) in [5.74, 6) is 0. The van der Waals surface area contributed by atoms with Crippen molar-refractivity contribution < 1.29 is 4.57 Å². The van der Waals surface area contributed by atoms with Gasteiger partial charge in [-0.05, 0) is 6.66 Å².